The van der Waals surface area contributed by atoms with Gasteiger partial charge in [-0.3, -0.25) is 4.90 Å². The Morgan fingerprint density at radius 2 is 2.19 bits per heavy atom. The van der Waals surface area contributed by atoms with Crippen molar-refractivity contribution in [1.29, 1.82) is 0 Å². The summed E-state index contributed by atoms with van der Waals surface area (Å²) >= 11 is 0. The van der Waals surface area contributed by atoms with Crippen molar-refractivity contribution in [2.45, 2.75) is 13.0 Å². The van der Waals surface area contributed by atoms with Gasteiger partial charge >= 0.3 is 0 Å². The van der Waals surface area contributed by atoms with E-state index in [-0.39, 0.29) is 6.04 Å². The van der Waals surface area contributed by atoms with E-state index in [1.165, 1.54) is 5.56 Å². The smallest absolute Gasteiger partial charge is 0.246 e. The normalized spacial score (nSPS) is 20.1. The van der Waals surface area contributed by atoms with Gasteiger partial charge in [0.2, 0.25) is 5.89 Å². The van der Waals surface area contributed by atoms with Gasteiger partial charge in [-0.15, -0.1) is 0 Å². The number of morpholine rings is 1. The molecule has 1 fully saturated rings. The lowest BCUT2D eigenvalue weighted by atomic mass is 10.2. The van der Waals surface area contributed by atoms with Gasteiger partial charge < -0.3 is 9.26 Å². The average molecular weight is 285 g/mol. The molecule has 5 heteroatoms. The van der Waals surface area contributed by atoms with Crippen molar-refractivity contribution in [2.24, 2.45) is 0 Å². The van der Waals surface area contributed by atoms with E-state index in [9.17, 15) is 0 Å². The maximum absolute atomic E-state index is 5.55. The summed E-state index contributed by atoms with van der Waals surface area (Å²) in [7, 11) is 0. The van der Waals surface area contributed by atoms with Crippen LogP contribution in [0.5, 0.6) is 0 Å². The van der Waals surface area contributed by atoms with E-state index in [0.29, 0.717) is 18.3 Å². The lowest BCUT2D eigenvalue weighted by molar-refractivity contribution is -0.0141. The van der Waals surface area contributed by atoms with E-state index in [2.05, 4.69) is 39.3 Å². The Kier molecular flexibility index (Phi) is 4.43. The first-order valence-electron chi connectivity index (χ1n) is 7.16. The zero-order valence-corrected chi connectivity index (χ0v) is 12.1. The van der Waals surface area contributed by atoms with Crippen LogP contribution in [0.3, 0.4) is 0 Å². The number of rotatable bonds is 4. The molecule has 1 aliphatic heterocycles. The largest absolute Gasteiger partial charge is 0.378 e. The van der Waals surface area contributed by atoms with Gasteiger partial charge in [-0.1, -0.05) is 47.6 Å². The van der Waals surface area contributed by atoms with Crippen molar-refractivity contribution in [1.82, 2.24) is 15.0 Å². The third-order valence-electron chi connectivity index (χ3n) is 3.52. The second kappa shape index (κ2) is 6.65. The number of benzene rings is 1. The Hall–Kier alpha value is -1.98. The molecule has 5 nitrogen and oxygen atoms in total. The van der Waals surface area contributed by atoms with Gasteiger partial charge in [0, 0.05) is 13.1 Å². The van der Waals surface area contributed by atoms with Crippen LogP contribution in [0, 0.1) is 6.92 Å². The van der Waals surface area contributed by atoms with Gasteiger partial charge in [-0.25, -0.2) is 0 Å². The lowest BCUT2D eigenvalue weighted by Gasteiger charge is -2.32. The zero-order chi connectivity index (χ0) is 14.5. The molecule has 2 aromatic rings. The number of hydrogen-bond donors (Lipinski definition) is 0. The van der Waals surface area contributed by atoms with Crippen LogP contribution in [0.15, 0.2) is 40.9 Å². The molecule has 1 aliphatic rings. The van der Waals surface area contributed by atoms with Crippen LogP contribution in [-0.4, -0.2) is 41.3 Å². The number of aryl methyl sites for hydroxylation is 1. The zero-order valence-electron chi connectivity index (χ0n) is 12.1. The molecule has 1 aromatic carbocycles. The Morgan fingerprint density at radius 1 is 1.33 bits per heavy atom. The van der Waals surface area contributed by atoms with Crippen LogP contribution in [0.4, 0.5) is 0 Å². The third kappa shape index (κ3) is 3.56. The second-order valence-corrected chi connectivity index (χ2v) is 5.08. The summed E-state index contributed by atoms with van der Waals surface area (Å²) in [6.07, 6.45) is 4.29. The van der Waals surface area contributed by atoms with E-state index in [1.54, 1.807) is 0 Å². The molecule has 2 heterocycles. The van der Waals surface area contributed by atoms with Crippen LogP contribution in [0.25, 0.3) is 6.08 Å². The van der Waals surface area contributed by atoms with Crippen molar-refractivity contribution in [3.05, 3.63) is 53.7 Å². The maximum atomic E-state index is 5.55. The minimum atomic E-state index is 0.0420. The summed E-state index contributed by atoms with van der Waals surface area (Å²) in [6, 6.07) is 10.3. The minimum Gasteiger partial charge on any atom is -0.378 e. The third-order valence-corrected chi connectivity index (χ3v) is 3.52. The summed E-state index contributed by atoms with van der Waals surface area (Å²) in [6.45, 7) is 4.87. The minimum absolute atomic E-state index is 0.0420. The summed E-state index contributed by atoms with van der Waals surface area (Å²) in [4.78, 5) is 6.63. The monoisotopic (exact) mass is 285 g/mol. The topological polar surface area (TPSA) is 51.4 Å². The van der Waals surface area contributed by atoms with Crippen LogP contribution < -0.4 is 0 Å². The summed E-state index contributed by atoms with van der Waals surface area (Å²) in [5.41, 5.74) is 1.20. The average Bonchev–Trinajstić information content (AvgIpc) is 2.95. The molecular weight excluding hydrogens is 266 g/mol. The number of aromatic nitrogens is 2. The fourth-order valence-electron chi connectivity index (χ4n) is 2.42. The molecule has 1 saturated heterocycles. The first-order chi connectivity index (χ1) is 10.3. The first kappa shape index (κ1) is 14.0. The number of nitrogens with zero attached hydrogens (tertiary/aromatic N) is 3. The van der Waals surface area contributed by atoms with E-state index < -0.39 is 0 Å². The summed E-state index contributed by atoms with van der Waals surface area (Å²) in [5, 5.41) is 3.87. The molecule has 0 spiro atoms. The van der Waals surface area contributed by atoms with Crippen molar-refractivity contribution >= 4 is 6.08 Å². The Balaban J connectivity index is 1.66. The fourth-order valence-corrected chi connectivity index (χ4v) is 2.42. The van der Waals surface area contributed by atoms with Gasteiger partial charge in [-0.05, 0) is 12.5 Å². The van der Waals surface area contributed by atoms with Gasteiger partial charge in [0.05, 0.1) is 13.2 Å². The van der Waals surface area contributed by atoms with Gasteiger partial charge in [0.15, 0.2) is 5.82 Å². The molecule has 0 aliphatic carbocycles. The van der Waals surface area contributed by atoms with Gasteiger partial charge in [0.1, 0.15) is 6.04 Å². The highest BCUT2D eigenvalue weighted by atomic mass is 16.5. The first-order valence-corrected chi connectivity index (χ1v) is 7.16. The molecule has 0 saturated carbocycles. The second-order valence-electron chi connectivity index (χ2n) is 5.08. The molecule has 0 radical (unpaired) electrons. The summed E-state index contributed by atoms with van der Waals surface area (Å²) in [5.74, 6) is 1.30. The summed E-state index contributed by atoms with van der Waals surface area (Å²) < 4.78 is 10.8. The van der Waals surface area contributed by atoms with E-state index in [4.69, 9.17) is 9.26 Å². The quantitative estimate of drug-likeness (QED) is 0.863. The van der Waals surface area contributed by atoms with Crippen molar-refractivity contribution in [3.8, 4) is 0 Å². The molecule has 3 rings (SSSR count). The molecular formula is C16H19N3O2. The highest BCUT2D eigenvalue weighted by Crippen LogP contribution is 2.22. The predicted molar refractivity (Wildman–Crippen MR) is 79.6 cm³/mol. The van der Waals surface area contributed by atoms with E-state index >= 15 is 0 Å². The van der Waals surface area contributed by atoms with E-state index in [1.807, 2.05) is 25.1 Å². The molecule has 1 atom stereocenters. The van der Waals surface area contributed by atoms with Crippen molar-refractivity contribution in [3.63, 3.8) is 0 Å². The number of hydrogen-bond acceptors (Lipinski definition) is 5. The van der Waals surface area contributed by atoms with Crippen molar-refractivity contribution < 1.29 is 9.26 Å². The van der Waals surface area contributed by atoms with Gasteiger partial charge in [0.25, 0.3) is 0 Å². The fraction of sp³-hybridized carbons (Fsp3) is 0.375. The Morgan fingerprint density at radius 3 is 2.95 bits per heavy atom. The standard InChI is InChI=1S/C16H19N3O2/c1-13-17-16(21-18-13)15-12-20-11-10-19(15)9-5-8-14-6-3-2-4-7-14/h2-8,15H,9-12H2,1H3/b8-5+/t15-/m1/s1. The molecule has 0 N–H and O–H groups in total. The van der Waals surface area contributed by atoms with Crippen LogP contribution >= 0.6 is 0 Å². The SMILES string of the molecule is Cc1noc([C@H]2COCCN2C/C=C/c2ccccc2)n1. The highest BCUT2D eigenvalue weighted by Gasteiger charge is 2.28. The maximum Gasteiger partial charge on any atom is 0.246 e. The molecule has 0 bridgehead atoms. The Labute approximate surface area is 124 Å². The Bertz CT molecular complexity index is 595. The molecule has 0 unspecified atom stereocenters. The van der Waals surface area contributed by atoms with Crippen LogP contribution in [0.1, 0.15) is 23.3 Å². The molecule has 110 valence electrons. The van der Waals surface area contributed by atoms with Crippen LogP contribution in [-0.2, 0) is 4.74 Å². The lowest BCUT2D eigenvalue weighted by Crippen LogP contribution is -2.39. The highest BCUT2D eigenvalue weighted by molar-refractivity contribution is 5.48. The predicted octanol–water partition coefficient (Wildman–Crippen LogP) is 2.46. The molecule has 21 heavy (non-hydrogen) atoms. The van der Waals surface area contributed by atoms with Crippen molar-refractivity contribution in [2.75, 3.05) is 26.3 Å². The van der Waals surface area contributed by atoms with E-state index in [0.717, 1.165) is 19.7 Å². The number of ether oxygens (including phenoxy) is 1. The molecule has 0 amide bonds. The van der Waals surface area contributed by atoms with Crippen LogP contribution in [0.2, 0.25) is 0 Å². The van der Waals surface area contributed by atoms with Gasteiger partial charge in [-0.2, -0.15) is 4.98 Å². The molecule has 1 aromatic heterocycles.